The molecule has 2 nitrogen and oxygen atoms in total. The maximum Gasteiger partial charge on any atom is 1.00 e. The Morgan fingerprint density at radius 1 is 2.20 bits per heavy atom. The molecule has 0 amide bonds. The number of carbonyl (C=O) groups is 1. The van der Waals surface area contributed by atoms with Crippen molar-refractivity contribution >= 4 is 5.97 Å². The zero-order valence-electron chi connectivity index (χ0n) is 5.36. The Labute approximate surface area is 55.4 Å². The fourth-order valence-corrected chi connectivity index (χ4v) is 0. The summed E-state index contributed by atoms with van der Waals surface area (Å²) in [6.07, 6.45) is 0. The van der Waals surface area contributed by atoms with Crippen molar-refractivity contribution in [2.75, 3.05) is 0 Å². The Bertz CT molecular complexity index is 36.7. The van der Waals surface area contributed by atoms with E-state index in [1.807, 2.05) is 0 Å². The van der Waals surface area contributed by atoms with Crippen LogP contribution in [0.1, 0.15) is 9.78 Å². The van der Waals surface area contributed by atoms with Crippen molar-refractivity contribution in [2.45, 2.75) is 6.92 Å². The normalized spacial score (nSPS) is 5.00. The first-order valence-corrected chi connectivity index (χ1v) is 0.928. The summed E-state index contributed by atoms with van der Waals surface area (Å²) in [6, 6.07) is 0. The van der Waals surface area contributed by atoms with Crippen molar-refractivity contribution < 1.29 is 42.3 Å². The molecule has 0 heterocycles. The van der Waals surface area contributed by atoms with Gasteiger partial charge in [0.05, 0.1) is 0 Å². The van der Waals surface area contributed by atoms with Crippen LogP contribution in [0.2, 0.25) is 0 Å². The van der Waals surface area contributed by atoms with Gasteiger partial charge in [-0.3, -0.25) is 4.79 Å². The van der Waals surface area contributed by atoms with Gasteiger partial charge in [0, 0.05) is 6.92 Å². The number of aliphatic carboxylic acids is 1. The van der Waals surface area contributed by atoms with Gasteiger partial charge >= 0.3 is 31.0 Å². The molecule has 0 aromatic heterocycles. The van der Waals surface area contributed by atoms with Gasteiger partial charge in [-0.15, -0.1) is 0 Å². The smallest absolute Gasteiger partial charge is 1.00 e. The first-order valence-electron chi connectivity index (χ1n) is 0.928. The third-order valence-electron chi connectivity index (χ3n) is 0. The van der Waals surface area contributed by atoms with E-state index in [0.717, 1.165) is 6.92 Å². The number of rotatable bonds is 0. The van der Waals surface area contributed by atoms with Crippen LogP contribution in [0, 0.1) is 0 Å². The minimum absolute atomic E-state index is 0. The summed E-state index contributed by atoms with van der Waals surface area (Å²) >= 11 is 0. The number of hydrogen-bond donors (Lipinski definition) is 1. The molecule has 0 unspecified atom stereocenters. The van der Waals surface area contributed by atoms with E-state index in [4.69, 9.17) is 9.90 Å². The summed E-state index contributed by atoms with van der Waals surface area (Å²) in [5.41, 5.74) is 0. The molecule has 5 heavy (non-hydrogen) atoms. The first-order chi connectivity index (χ1) is 1.73. The van der Waals surface area contributed by atoms with E-state index in [1.54, 1.807) is 0 Å². The van der Waals surface area contributed by atoms with Crippen molar-refractivity contribution in [2.24, 2.45) is 0 Å². The average molecular weight is 85.1 g/mol. The predicted molar refractivity (Wildman–Crippen MR) is 15.5 cm³/mol. The molecule has 0 radical (unpaired) electrons. The van der Waals surface area contributed by atoms with E-state index in [9.17, 15) is 0 Å². The van der Waals surface area contributed by atoms with E-state index < -0.39 is 5.97 Å². The van der Waals surface area contributed by atoms with E-state index in [-0.39, 0.29) is 32.4 Å². The minimum atomic E-state index is -0.833. The van der Waals surface area contributed by atoms with Gasteiger partial charge in [-0.05, 0) is 0 Å². The summed E-state index contributed by atoms with van der Waals surface area (Å²) in [7, 11) is 0. The van der Waals surface area contributed by atoms with Crippen LogP contribution in [0.4, 0.5) is 0 Å². The molecule has 0 rings (SSSR count). The summed E-state index contributed by atoms with van der Waals surface area (Å²) in [6.45, 7) is 1.08. The molecular formula is C2H6NaO2+. The molecule has 0 saturated carbocycles. The Kier molecular flexibility index (Phi) is 8.11. The molecule has 0 spiro atoms. The van der Waals surface area contributed by atoms with Gasteiger partial charge in [0.2, 0.25) is 0 Å². The molecule has 0 aromatic rings. The van der Waals surface area contributed by atoms with E-state index in [2.05, 4.69) is 0 Å². The molecule has 3 heteroatoms. The van der Waals surface area contributed by atoms with Gasteiger partial charge in [-0.1, -0.05) is 0 Å². The molecule has 0 aliphatic rings. The van der Waals surface area contributed by atoms with Gasteiger partial charge < -0.3 is 6.53 Å². The molecule has 0 bridgehead atoms. The molecule has 0 saturated heterocycles. The molecule has 0 atom stereocenters. The van der Waals surface area contributed by atoms with Crippen molar-refractivity contribution in [3.8, 4) is 0 Å². The minimum Gasteiger partial charge on any atom is -1.00 e. The molecule has 0 aliphatic carbocycles. The number of hydrogen-bond acceptors (Lipinski definition) is 1. The predicted octanol–water partition coefficient (Wildman–Crippen LogP) is -2.68. The number of carboxylic acid groups (broad SMARTS) is 1. The monoisotopic (exact) mass is 85.0 g/mol. The third kappa shape index (κ3) is 123. The topological polar surface area (TPSA) is 37.3 Å². The second kappa shape index (κ2) is 4.47. The number of carboxylic acids is 1. The van der Waals surface area contributed by atoms with Gasteiger partial charge in [-0.2, -0.15) is 0 Å². The van der Waals surface area contributed by atoms with Crippen molar-refractivity contribution in [3.63, 3.8) is 0 Å². The van der Waals surface area contributed by atoms with E-state index in [0.29, 0.717) is 0 Å². The van der Waals surface area contributed by atoms with Crippen molar-refractivity contribution in [1.29, 1.82) is 0 Å². The van der Waals surface area contributed by atoms with Crippen LogP contribution in [0.25, 0.3) is 0 Å². The molecule has 0 aliphatic heterocycles. The molecule has 0 fully saturated rings. The summed E-state index contributed by atoms with van der Waals surface area (Å²) < 4.78 is 0. The molecule has 0 aromatic carbocycles. The standard InChI is InChI=1S/C2H4O2.Na.H/c1-2(3)4;;/h1H3,(H,3,4);;/q;+1;-1/p+1. The van der Waals surface area contributed by atoms with Crippen LogP contribution in [0.5, 0.6) is 0 Å². The third-order valence-corrected chi connectivity index (χ3v) is 0. The van der Waals surface area contributed by atoms with Crippen LogP contribution in [0.15, 0.2) is 0 Å². The van der Waals surface area contributed by atoms with Crippen LogP contribution >= 0.6 is 0 Å². The fourth-order valence-electron chi connectivity index (χ4n) is 0. The van der Waals surface area contributed by atoms with Gasteiger partial charge in [-0.25, -0.2) is 0 Å². The van der Waals surface area contributed by atoms with Crippen LogP contribution in [-0.2, 0) is 4.79 Å². The first kappa shape index (κ1) is 9.08. The zero-order valence-corrected chi connectivity index (χ0v) is 5.36. The Balaban J connectivity index is -0.0000000150. The van der Waals surface area contributed by atoms with Gasteiger partial charge in [0.1, 0.15) is 0 Å². The van der Waals surface area contributed by atoms with Gasteiger partial charge in [0.15, 0.2) is 0 Å². The Morgan fingerprint density at radius 3 is 2.20 bits per heavy atom. The summed E-state index contributed by atoms with van der Waals surface area (Å²) in [5.74, 6) is -0.833. The summed E-state index contributed by atoms with van der Waals surface area (Å²) in [4.78, 5) is 9.00. The Morgan fingerprint density at radius 2 is 2.20 bits per heavy atom. The maximum absolute atomic E-state index is 9.00. The largest absolute Gasteiger partial charge is 1.00 e. The molecular weight excluding hydrogens is 79.0 g/mol. The maximum atomic E-state index is 9.00. The Hall–Kier alpha value is 0.470. The summed E-state index contributed by atoms with van der Waals surface area (Å²) in [5, 5.41) is 7.42. The van der Waals surface area contributed by atoms with E-state index >= 15 is 0 Å². The average Bonchev–Trinajstić information content (AvgIpc) is 0.811. The van der Waals surface area contributed by atoms with Crippen LogP contribution in [-0.4, -0.2) is 11.1 Å². The molecule has 26 valence electrons. The van der Waals surface area contributed by atoms with E-state index in [1.165, 1.54) is 0 Å². The fraction of sp³-hybridized carbons (Fsp3) is 0.500. The van der Waals surface area contributed by atoms with Crippen LogP contribution in [0.3, 0.4) is 0 Å². The van der Waals surface area contributed by atoms with Crippen molar-refractivity contribution in [1.82, 2.24) is 0 Å². The second-order valence-corrected chi connectivity index (χ2v) is 0.519. The second-order valence-electron chi connectivity index (χ2n) is 0.519. The SMILES string of the molecule is CC(=O)O.[H+].[H-].[Na+]. The quantitative estimate of drug-likeness (QED) is 0.325. The van der Waals surface area contributed by atoms with Gasteiger partial charge in [0.25, 0.3) is 5.97 Å². The van der Waals surface area contributed by atoms with Crippen LogP contribution < -0.4 is 29.6 Å². The molecule has 1 N–H and O–H groups in total. The zero-order chi connectivity index (χ0) is 3.58. The van der Waals surface area contributed by atoms with Crippen molar-refractivity contribution in [3.05, 3.63) is 0 Å².